The molecule has 0 heterocycles. The van der Waals surface area contributed by atoms with E-state index < -0.39 is 11.9 Å². The van der Waals surface area contributed by atoms with Gasteiger partial charge in [0.25, 0.3) is 0 Å². The minimum atomic E-state index is -0.467. The highest BCUT2D eigenvalue weighted by Gasteiger charge is 2.10. The average Bonchev–Trinajstić information content (AvgIpc) is 2.35. The zero-order valence-corrected chi connectivity index (χ0v) is 12.6. The normalized spacial score (nSPS) is 11.9. The molecular formula is C15H28O4. The van der Waals surface area contributed by atoms with Crippen LogP contribution in [-0.4, -0.2) is 24.6 Å². The largest absolute Gasteiger partial charge is 0.460 e. The number of esters is 2. The molecule has 0 aromatic heterocycles. The minimum Gasteiger partial charge on any atom is -0.460 e. The second-order valence-electron chi connectivity index (χ2n) is 4.99. The van der Waals surface area contributed by atoms with E-state index in [1.807, 2.05) is 6.92 Å². The summed E-state index contributed by atoms with van der Waals surface area (Å²) in [6, 6.07) is 0. The van der Waals surface area contributed by atoms with Crippen LogP contribution in [0, 0.1) is 0 Å². The Balaban J connectivity index is 3.40. The second kappa shape index (κ2) is 12.0. The summed E-state index contributed by atoms with van der Waals surface area (Å²) in [5.74, 6) is -0.928. The zero-order valence-electron chi connectivity index (χ0n) is 12.6. The number of hydrogen-bond donors (Lipinski definition) is 0. The molecule has 0 saturated carbocycles. The SMILES string of the molecule is CCCCCCCCCC(C)OC(=O)COC(C)=O. The zero-order chi connectivity index (χ0) is 14.5. The second-order valence-corrected chi connectivity index (χ2v) is 4.99. The van der Waals surface area contributed by atoms with Gasteiger partial charge in [0.1, 0.15) is 0 Å². The summed E-state index contributed by atoms with van der Waals surface area (Å²) in [5, 5.41) is 0. The van der Waals surface area contributed by atoms with E-state index in [0.717, 1.165) is 12.8 Å². The Morgan fingerprint density at radius 2 is 1.58 bits per heavy atom. The Hall–Kier alpha value is -1.06. The molecule has 0 aliphatic rings. The van der Waals surface area contributed by atoms with Crippen LogP contribution in [0.4, 0.5) is 0 Å². The van der Waals surface area contributed by atoms with Crippen molar-refractivity contribution in [1.82, 2.24) is 0 Å². The molecule has 0 N–H and O–H groups in total. The van der Waals surface area contributed by atoms with Crippen molar-refractivity contribution in [1.29, 1.82) is 0 Å². The van der Waals surface area contributed by atoms with E-state index in [4.69, 9.17) is 4.74 Å². The van der Waals surface area contributed by atoms with Gasteiger partial charge >= 0.3 is 11.9 Å². The molecule has 0 aromatic carbocycles. The third-order valence-corrected chi connectivity index (χ3v) is 2.94. The lowest BCUT2D eigenvalue weighted by molar-refractivity contribution is -0.160. The molecule has 4 heteroatoms. The van der Waals surface area contributed by atoms with Gasteiger partial charge in [-0.25, -0.2) is 4.79 Å². The van der Waals surface area contributed by atoms with Gasteiger partial charge in [0.15, 0.2) is 6.61 Å². The van der Waals surface area contributed by atoms with Crippen LogP contribution in [0.25, 0.3) is 0 Å². The van der Waals surface area contributed by atoms with Gasteiger partial charge in [-0.1, -0.05) is 45.4 Å². The van der Waals surface area contributed by atoms with Crippen LogP contribution in [0.2, 0.25) is 0 Å². The van der Waals surface area contributed by atoms with E-state index in [9.17, 15) is 9.59 Å². The molecule has 0 bridgehead atoms. The lowest BCUT2D eigenvalue weighted by Crippen LogP contribution is -2.20. The quantitative estimate of drug-likeness (QED) is 0.426. The molecule has 4 nitrogen and oxygen atoms in total. The van der Waals surface area contributed by atoms with E-state index >= 15 is 0 Å². The predicted octanol–water partition coefficient (Wildman–Crippen LogP) is 3.62. The molecular weight excluding hydrogens is 244 g/mol. The summed E-state index contributed by atoms with van der Waals surface area (Å²) in [5.41, 5.74) is 0. The first-order valence-corrected chi connectivity index (χ1v) is 7.39. The number of carbonyl (C=O) groups is 2. The number of ether oxygens (including phenoxy) is 2. The lowest BCUT2D eigenvalue weighted by atomic mass is 10.1. The molecule has 0 aliphatic heterocycles. The van der Waals surface area contributed by atoms with Crippen LogP contribution in [0.3, 0.4) is 0 Å². The molecule has 0 saturated heterocycles. The van der Waals surface area contributed by atoms with Crippen molar-refractivity contribution in [2.45, 2.75) is 78.2 Å². The van der Waals surface area contributed by atoms with E-state index in [2.05, 4.69) is 11.7 Å². The van der Waals surface area contributed by atoms with E-state index in [-0.39, 0.29) is 12.7 Å². The number of carbonyl (C=O) groups excluding carboxylic acids is 2. The van der Waals surface area contributed by atoms with Gasteiger partial charge in [-0.05, 0) is 19.8 Å². The highest BCUT2D eigenvalue weighted by molar-refractivity contribution is 5.75. The van der Waals surface area contributed by atoms with Crippen molar-refractivity contribution in [3.05, 3.63) is 0 Å². The third kappa shape index (κ3) is 13.2. The van der Waals surface area contributed by atoms with Gasteiger partial charge in [-0.2, -0.15) is 0 Å². The lowest BCUT2D eigenvalue weighted by Gasteiger charge is -2.12. The van der Waals surface area contributed by atoms with Crippen LogP contribution in [-0.2, 0) is 19.1 Å². The molecule has 19 heavy (non-hydrogen) atoms. The van der Waals surface area contributed by atoms with Gasteiger partial charge in [-0.15, -0.1) is 0 Å². The Morgan fingerprint density at radius 3 is 2.16 bits per heavy atom. The van der Waals surface area contributed by atoms with Crippen molar-refractivity contribution in [3.63, 3.8) is 0 Å². The first-order chi connectivity index (χ1) is 9.06. The molecule has 0 fully saturated rings. The first kappa shape index (κ1) is 17.9. The molecule has 0 radical (unpaired) electrons. The van der Waals surface area contributed by atoms with Crippen LogP contribution in [0.15, 0.2) is 0 Å². The Kier molecular flexibility index (Phi) is 11.3. The molecule has 0 spiro atoms. The fourth-order valence-electron chi connectivity index (χ4n) is 1.87. The molecule has 0 aliphatic carbocycles. The van der Waals surface area contributed by atoms with Crippen molar-refractivity contribution >= 4 is 11.9 Å². The van der Waals surface area contributed by atoms with Crippen molar-refractivity contribution in [2.24, 2.45) is 0 Å². The monoisotopic (exact) mass is 272 g/mol. The summed E-state index contributed by atoms with van der Waals surface area (Å²) in [6.07, 6.45) is 9.52. The standard InChI is InChI=1S/C15H28O4/c1-4-5-6-7-8-9-10-11-13(2)19-15(17)12-18-14(3)16/h13H,4-12H2,1-3H3. The van der Waals surface area contributed by atoms with Crippen LogP contribution in [0.1, 0.15) is 72.1 Å². The van der Waals surface area contributed by atoms with Crippen molar-refractivity contribution in [2.75, 3.05) is 6.61 Å². The number of rotatable bonds is 11. The van der Waals surface area contributed by atoms with E-state index in [0.29, 0.717) is 0 Å². The Bertz CT molecular complexity index is 251. The summed E-state index contributed by atoms with van der Waals surface area (Å²) in [7, 11) is 0. The highest BCUT2D eigenvalue weighted by atomic mass is 16.6. The van der Waals surface area contributed by atoms with Crippen LogP contribution < -0.4 is 0 Å². The summed E-state index contributed by atoms with van der Waals surface area (Å²) in [4.78, 5) is 21.8. The van der Waals surface area contributed by atoms with Crippen molar-refractivity contribution in [3.8, 4) is 0 Å². The van der Waals surface area contributed by atoms with Gasteiger partial charge in [-0.3, -0.25) is 4.79 Å². The van der Waals surface area contributed by atoms with Crippen LogP contribution >= 0.6 is 0 Å². The Morgan fingerprint density at radius 1 is 1.00 bits per heavy atom. The highest BCUT2D eigenvalue weighted by Crippen LogP contribution is 2.11. The molecule has 112 valence electrons. The number of unbranched alkanes of at least 4 members (excludes halogenated alkanes) is 6. The van der Waals surface area contributed by atoms with Gasteiger partial charge in [0, 0.05) is 6.92 Å². The van der Waals surface area contributed by atoms with Gasteiger partial charge in [0.2, 0.25) is 0 Å². The van der Waals surface area contributed by atoms with Crippen LogP contribution in [0.5, 0.6) is 0 Å². The predicted molar refractivity (Wildman–Crippen MR) is 74.8 cm³/mol. The summed E-state index contributed by atoms with van der Waals surface area (Å²) < 4.78 is 9.70. The third-order valence-electron chi connectivity index (χ3n) is 2.94. The maximum absolute atomic E-state index is 11.3. The minimum absolute atomic E-state index is 0.0984. The first-order valence-electron chi connectivity index (χ1n) is 7.39. The smallest absolute Gasteiger partial charge is 0.344 e. The molecule has 0 amide bonds. The molecule has 1 atom stereocenters. The van der Waals surface area contributed by atoms with Gasteiger partial charge in [0.05, 0.1) is 6.10 Å². The van der Waals surface area contributed by atoms with E-state index in [1.54, 1.807) is 0 Å². The summed E-state index contributed by atoms with van der Waals surface area (Å²) in [6.45, 7) is 5.08. The molecule has 0 aromatic rings. The summed E-state index contributed by atoms with van der Waals surface area (Å²) >= 11 is 0. The Labute approximate surface area is 116 Å². The fraction of sp³-hybridized carbons (Fsp3) is 0.867. The topological polar surface area (TPSA) is 52.6 Å². The fourth-order valence-corrected chi connectivity index (χ4v) is 1.87. The molecule has 0 rings (SSSR count). The van der Waals surface area contributed by atoms with E-state index in [1.165, 1.54) is 45.4 Å². The maximum atomic E-state index is 11.3. The average molecular weight is 272 g/mol. The maximum Gasteiger partial charge on any atom is 0.344 e. The van der Waals surface area contributed by atoms with Gasteiger partial charge < -0.3 is 9.47 Å². The van der Waals surface area contributed by atoms with Crippen molar-refractivity contribution < 1.29 is 19.1 Å². The molecule has 1 unspecified atom stereocenters. The number of hydrogen-bond acceptors (Lipinski definition) is 4.